The number of benzene rings is 1. The Morgan fingerprint density at radius 3 is 2.67 bits per heavy atom. The molecule has 0 aromatic heterocycles. The van der Waals surface area contributed by atoms with E-state index >= 15 is 0 Å². The standard InChI is InChI=1S/C10H11ClFN3/c1-15-10(14)8(5-13)7-3-2-6(12)4-9(7)11/h2-5H,13H2,1H3,(H2,14,15). The number of rotatable bonds is 2. The van der Waals surface area contributed by atoms with E-state index < -0.39 is 5.82 Å². The van der Waals surface area contributed by atoms with Gasteiger partial charge in [-0.15, -0.1) is 0 Å². The molecule has 0 aliphatic heterocycles. The van der Waals surface area contributed by atoms with E-state index in [1.165, 1.54) is 31.4 Å². The molecule has 0 atom stereocenters. The summed E-state index contributed by atoms with van der Waals surface area (Å²) < 4.78 is 12.8. The molecular formula is C10H11ClFN3. The highest BCUT2D eigenvalue weighted by Gasteiger charge is 2.10. The van der Waals surface area contributed by atoms with Crippen LogP contribution in [-0.4, -0.2) is 12.9 Å². The molecular weight excluding hydrogens is 217 g/mol. The van der Waals surface area contributed by atoms with E-state index in [2.05, 4.69) is 4.99 Å². The summed E-state index contributed by atoms with van der Waals surface area (Å²) in [6.07, 6.45) is 1.29. The van der Waals surface area contributed by atoms with Crippen LogP contribution in [0, 0.1) is 5.82 Å². The van der Waals surface area contributed by atoms with Crippen molar-refractivity contribution in [2.24, 2.45) is 16.5 Å². The highest BCUT2D eigenvalue weighted by Crippen LogP contribution is 2.24. The van der Waals surface area contributed by atoms with Gasteiger partial charge in [0, 0.05) is 24.4 Å². The SMILES string of the molecule is CN=C(N)C(=CN)c1ccc(F)cc1Cl. The molecule has 0 heterocycles. The van der Waals surface area contributed by atoms with E-state index in [1.54, 1.807) is 0 Å². The van der Waals surface area contributed by atoms with E-state index in [0.29, 0.717) is 11.1 Å². The Bertz CT molecular complexity index is 427. The zero-order valence-corrected chi connectivity index (χ0v) is 8.92. The van der Waals surface area contributed by atoms with Crippen molar-refractivity contribution in [3.8, 4) is 0 Å². The maximum Gasteiger partial charge on any atom is 0.127 e. The van der Waals surface area contributed by atoms with Crippen LogP contribution < -0.4 is 11.5 Å². The number of aliphatic imine (C=N–C) groups is 1. The number of hydrogen-bond donors (Lipinski definition) is 2. The van der Waals surface area contributed by atoms with Gasteiger partial charge in [0.25, 0.3) is 0 Å². The quantitative estimate of drug-likeness (QED) is 0.597. The Labute approximate surface area is 92.2 Å². The molecule has 0 bridgehead atoms. The Morgan fingerprint density at radius 2 is 2.20 bits per heavy atom. The molecule has 1 aromatic carbocycles. The average Bonchev–Trinajstić information content (AvgIpc) is 2.21. The van der Waals surface area contributed by atoms with Crippen LogP contribution >= 0.6 is 11.6 Å². The predicted molar refractivity (Wildman–Crippen MR) is 61.1 cm³/mol. The molecule has 3 nitrogen and oxygen atoms in total. The molecule has 0 saturated carbocycles. The monoisotopic (exact) mass is 227 g/mol. The molecule has 15 heavy (non-hydrogen) atoms. The molecule has 80 valence electrons. The number of halogens is 2. The lowest BCUT2D eigenvalue weighted by atomic mass is 10.1. The van der Waals surface area contributed by atoms with Gasteiger partial charge in [0.05, 0.1) is 5.02 Å². The highest BCUT2D eigenvalue weighted by atomic mass is 35.5. The van der Waals surface area contributed by atoms with Crippen molar-refractivity contribution in [1.82, 2.24) is 0 Å². The van der Waals surface area contributed by atoms with E-state index in [1.807, 2.05) is 0 Å². The van der Waals surface area contributed by atoms with Crippen molar-refractivity contribution in [3.05, 3.63) is 40.8 Å². The third-order valence-electron chi connectivity index (χ3n) is 1.90. The molecule has 0 unspecified atom stereocenters. The summed E-state index contributed by atoms with van der Waals surface area (Å²) in [7, 11) is 1.54. The number of nitrogens with two attached hydrogens (primary N) is 2. The van der Waals surface area contributed by atoms with E-state index in [9.17, 15) is 4.39 Å². The van der Waals surface area contributed by atoms with Crippen LogP contribution in [0.2, 0.25) is 5.02 Å². The summed E-state index contributed by atoms with van der Waals surface area (Å²) in [5.41, 5.74) is 12.1. The first-order valence-corrected chi connectivity index (χ1v) is 4.58. The minimum atomic E-state index is -0.410. The fraction of sp³-hybridized carbons (Fsp3) is 0.100. The van der Waals surface area contributed by atoms with E-state index in [0.717, 1.165) is 0 Å². The third kappa shape index (κ3) is 2.47. The number of amidine groups is 1. The molecule has 0 saturated heterocycles. The lowest BCUT2D eigenvalue weighted by Gasteiger charge is -2.07. The minimum Gasteiger partial charge on any atom is -0.404 e. The van der Waals surface area contributed by atoms with Crippen molar-refractivity contribution >= 4 is 23.0 Å². The molecule has 0 amide bonds. The average molecular weight is 228 g/mol. The predicted octanol–water partition coefficient (Wildman–Crippen LogP) is 1.77. The van der Waals surface area contributed by atoms with Crippen LogP contribution in [0.5, 0.6) is 0 Å². The molecule has 1 aromatic rings. The first kappa shape index (κ1) is 11.5. The van der Waals surface area contributed by atoms with Crippen molar-refractivity contribution < 1.29 is 4.39 Å². The van der Waals surface area contributed by atoms with Gasteiger partial charge >= 0.3 is 0 Å². The molecule has 0 aliphatic carbocycles. The summed E-state index contributed by atoms with van der Waals surface area (Å²) in [5, 5.41) is 0.248. The highest BCUT2D eigenvalue weighted by molar-refractivity contribution is 6.35. The van der Waals surface area contributed by atoms with Gasteiger partial charge in [0.1, 0.15) is 11.7 Å². The first-order valence-electron chi connectivity index (χ1n) is 4.20. The van der Waals surface area contributed by atoms with Crippen molar-refractivity contribution in [1.29, 1.82) is 0 Å². The molecule has 5 heteroatoms. The van der Waals surface area contributed by atoms with Crippen molar-refractivity contribution in [3.63, 3.8) is 0 Å². The Kier molecular flexibility index (Phi) is 3.68. The maximum atomic E-state index is 12.8. The van der Waals surface area contributed by atoms with Gasteiger partial charge < -0.3 is 11.5 Å². The zero-order chi connectivity index (χ0) is 11.4. The second-order valence-electron chi connectivity index (χ2n) is 2.81. The van der Waals surface area contributed by atoms with Crippen LogP contribution in [0.25, 0.3) is 5.57 Å². The number of hydrogen-bond acceptors (Lipinski definition) is 2. The van der Waals surface area contributed by atoms with Crippen LogP contribution in [0.3, 0.4) is 0 Å². The molecule has 0 aliphatic rings. The second kappa shape index (κ2) is 4.79. The first-order chi connectivity index (χ1) is 7.10. The smallest absolute Gasteiger partial charge is 0.127 e. The van der Waals surface area contributed by atoms with E-state index in [4.69, 9.17) is 23.1 Å². The fourth-order valence-electron chi connectivity index (χ4n) is 1.14. The van der Waals surface area contributed by atoms with Gasteiger partial charge in [-0.25, -0.2) is 4.39 Å². The van der Waals surface area contributed by atoms with Crippen LogP contribution in [0.4, 0.5) is 4.39 Å². The van der Waals surface area contributed by atoms with E-state index in [-0.39, 0.29) is 10.9 Å². The summed E-state index contributed by atoms with van der Waals surface area (Å²) in [5.74, 6) is -0.155. The van der Waals surface area contributed by atoms with Gasteiger partial charge in [0.2, 0.25) is 0 Å². The molecule has 4 N–H and O–H groups in total. The molecule has 0 radical (unpaired) electrons. The topological polar surface area (TPSA) is 64.4 Å². The Balaban J connectivity index is 3.26. The lowest BCUT2D eigenvalue weighted by molar-refractivity contribution is 0.628. The molecule has 0 fully saturated rings. The largest absolute Gasteiger partial charge is 0.404 e. The lowest BCUT2D eigenvalue weighted by Crippen LogP contribution is -2.15. The van der Waals surface area contributed by atoms with Gasteiger partial charge in [0.15, 0.2) is 0 Å². The Morgan fingerprint density at radius 1 is 1.53 bits per heavy atom. The minimum absolute atomic E-state index is 0.248. The summed E-state index contributed by atoms with van der Waals surface area (Å²) in [6.45, 7) is 0. The summed E-state index contributed by atoms with van der Waals surface area (Å²) in [4.78, 5) is 3.79. The second-order valence-corrected chi connectivity index (χ2v) is 3.22. The molecule has 0 spiro atoms. The van der Waals surface area contributed by atoms with Gasteiger partial charge in [-0.1, -0.05) is 11.6 Å². The maximum absolute atomic E-state index is 12.8. The van der Waals surface area contributed by atoms with Gasteiger partial charge in [-0.3, -0.25) is 4.99 Å². The van der Waals surface area contributed by atoms with Crippen LogP contribution in [0.1, 0.15) is 5.56 Å². The summed E-state index contributed by atoms with van der Waals surface area (Å²) in [6, 6.07) is 3.99. The molecule has 1 rings (SSSR count). The van der Waals surface area contributed by atoms with Crippen molar-refractivity contribution in [2.75, 3.05) is 7.05 Å². The van der Waals surface area contributed by atoms with Gasteiger partial charge in [-0.05, 0) is 18.2 Å². The van der Waals surface area contributed by atoms with Crippen LogP contribution in [-0.2, 0) is 0 Å². The van der Waals surface area contributed by atoms with Crippen LogP contribution in [0.15, 0.2) is 29.4 Å². The third-order valence-corrected chi connectivity index (χ3v) is 2.22. The summed E-state index contributed by atoms with van der Waals surface area (Å²) >= 11 is 5.86. The fourth-order valence-corrected chi connectivity index (χ4v) is 1.41. The zero-order valence-electron chi connectivity index (χ0n) is 8.17. The van der Waals surface area contributed by atoms with Crippen molar-refractivity contribution in [2.45, 2.75) is 0 Å². The normalized spacial score (nSPS) is 13.0. The number of nitrogens with zero attached hydrogens (tertiary/aromatic N) is 1. The Hall–Kier alpha value is -1.55. The van der Waals surface area contributed by atoms with Gasteiger partial charge in [-0.2, -0.15) is 0 Å².